The van der Waals surface area contributed by atoms with Crippen LogP contribution in [0.25, 0.3) is 0 Å². The quantitative estimate of drug-likeness (QED) is 0.279. The lowest BCUT2D eigenvalue weighted by Gasteiger charge is -2.29. The normalized spacial score (nSPS) is 14.5. The lowest BCUT2D eigenvalue weighted by Crippen LogP contribution is -2.59. The zero-order valence-corrected chi connectivity index (χ0v) is 17.2. The molecule has 164 valence electrons. The van der Waals surface area contributed by atoms with Gasteiger partial charge in [0, 0.05) is 37.5 Å². The third kappa shape index (κ3) is 6.18. The Morgan fingerprint density at radius 1 is 0.935 bits per heavy atom. The maximum atomic E-state index is 12.9. The molecular weight excluding hydrogens is 398 g/mol. The molecule has 3 rings (SSSR count). The molecule has 1 fully saturated rings. The minimum absolute atomic E-state index is 0.0265. The lowest BCUT2D eigenvalue weighted by molar-refractivity contribution is -0.384. The molecule has 1 saturated carbocycles. The zero-order valence-electron chi connectivity index (χ0n) is 17.2. The van der Waals surface area contributed by atoms with E-state index in [1.54, 1.807) is 12.1 Å². The van der Waals surface area contributed by atoms with Crippen LogP contribution in [0.3, 0.4) is 0 Å². The first kappa shape index (κ1) is 22.1. The Morgan fingerprint density at radius 3 is 2.26 bits per heavy atom. The Kier molecular flexibility index (Phi) is 7.42. The van der Waals surface area contributed by atoms with E-state index in [0.29, 0.717) is 32.5 Å². The van der Waals surface area contributed by atoms with Gasteiger partial charge in [-0.2, -0.15) is 0 Å². The van der Waals surface area contributed by atoms with Gasteiger partial charge >= 0.3 is 6.03 Å². The summed E-state index contributed by atoms with van der Waals surface area (Å²) in [5.74, 6) is -0.189. The topological polar surface area (TPSA) is 125 Å². The van der Waals surface area contributed by atoms with Crippen LogP contribution in [0, 0.1) is 10.1 Å². The van der Waals surface area contributed by atoms with E-state index < -0.39 is 10.5 Å². The minimum Gasteiger partial charge on any atom is -0.383 e. The highest BCUT2D eigenvalue weighted by Crippen LogP contribution is 2.29. The summed E-state index contributed by atoms with van der Waals surface area (Å²) in [6, 6.07) is 15.3. The molecule has 0 aliphatic heterocycles. The predicted molar refractivity (Wildman–Crippen MR) is 118 cm³/mol. The number of nitro groups is 1. The maximum Gasteiger partial charge on any atom is 0.315 e. The van der Waals surface area contributed by atoms with Crippen molar-refractivity contribution < 1.29 is 14.5 Å². The molecule has 31 heavy (non-hydrogen) atoms. The van der Waals surface area contributed by atoms with Crippen molar-refractivity contribution in [2.45, 2.75) is 37.8 Å². The Labute approximate surface area is 180 Å². The number of amides is 3. The second-order valence-electron chi connectivity index (χ2n) is 7.57. The highest BCUT2D eigenvalue weighted by Gasteiger charge is 2.42. The number of rotatable bonds is 9. The van der Waals surface area contributed by atoms with Crippen molar-refractivity contribution in [3.05, 3.63) is 70.3 Å². The molecule has 3 amide bonds. The van der Waals surface area contributed by atoms with Crippen molar-refractivity contribution in [1.82, 2.24) is 16.0 Å². The van der Waals surface area contributed by atoms with Gasteiger partial charge in [0.1, 0.15) is 5.54 Å². The van der Waals surface area contributed by atoms with E-state index >= 15 is 0 Å². The van der Waals surface area contributed by atoms with Crippen molar-refractivity contribution in [3.63, 3.8) is 0 Å². The molecule has 9 nitrogen and oxygen atoms in total. The van der Waals surface area contributed by atoms with E-state index in [2.05, 4.69) is 21.3 Å². The number of carbonyl (C=O) groups excluding carboxylic acids is 2. The molecule has 0 spiro atoms. The van der Waals surface area contributed by atoms with Crippen LogP contribution >= 0.6 is 0 Å². The smallest absolute Gasteiger partial charge is 0.315 e. The number of carbonyl (C=O) groups is 2. The van der Waals surface area contributed by atoms with Gasteiger partial charge in [0.15, 0.2) is 0 Å². The van der Waals surface area contributed by atoms with Gasteiger partial charge < -0.3 is 21.3 Å². The fourth-order valence-corrected chi connectivity index (χ4v) is 3.68. The molecule has 9 heteroatoms. The van der Waals surface area contributed by atoms with Gasteiger partial charge in [0.05, 0.1) is 4.92 Å². The largest absolute Gasteiger partial charge is 0.383 e. The molecule has 0 bridgehead atoms. The number of nitrogens with zero attached hydrogens (tertiary/aromatic N) is 1. The molecule has 0 radical (unpaired) electrons. The summed E-state index contributed by atoms with van der Waals surface area (Å²) >= 11 is 0. The Hall–Kier alpha value is -3.62. The first-order chi connectivity index (χ1) is 15.0. The molecule has 1 aliphatic carbocycles. The second kappa shape index (κ2) is 10.4. The number of hydrogen-bond acceptors (Lipinski definition) is 5. The molecule has 4 N–H and O–H groups in total. The Morgan fingerprint density at radius 2 is 1.61 bits per heavy atom. The average Bonchev–Trinajstić information content (AvgIpc) is 3.26. The second-order valence-corrected chi connectivity index (χ2v) is 7.57. The van der Waals surface area contributed by atoms with Crippen LogP contribution < -0.4 is 21.3 Å². The third-order valence-corrected chi connectivity index (χ3v) is 5.36. The van der Waals surface area contributed by atoms with Crippen LogP contribution in [-0.4, -0.2) is 35.5 Å². The fourth-order valence-electron chi connectivity index (χ4n) is 3.68. The van der Waals surface area contributed by atoms with Gasteiger partial charge in [-0.1, -0.05) is 43.2 Å². The van der Waals surface area contributed by atoms with Gasteiger partial charge in [-0.15, -0.1) is 0 Å². The number of hydrogen-bond donors (Lipinski definition) is 4. The molecule has 0 unspecified atom stereocenters. The van der Waals surface area contributed by atoms with Crippen LogP contribution in [0.1, 0.15) is 31.2 Å². The summed E-state index contributed by atoms with van der Waals surface area (Å²) in [5.41, 5.74) is 0.848. The van der Waals surface area contributed by atoms with E-state index in [4.69, 9.17) is 0 Å². The first-order valence-electron chi connectivity index (χ1n) is 10.4. The number of nitro benzene ring substituents is 1. The van der Waals surface area contributed by atoms with Crippen LogP contribution in [0.2, 0.25) is 0 Å². The van der Waals surface area contributed by atoms with Gasteiger partial charge in [0.25, 0.3) is 5.69 Å². The van der Waals surface area contributed by atoms with E-state index in [1.165, 1.54) is 12.1 Å². The molecular formula is C22H27N5O4. The van der Waals surface area contributed by atoms with Gasteiger partial charge in [0.2, 0.25) is 5.91 Å². The minimum atomic E-state index is -0.895. The molecule has 1 aliphatic rings. The van der Waals surface area contributed by atoms with Crippen molar-refractivity contribution in [3.8, 4) is 0 Å². The monoisotopic (exact) mass is 425 g/mol. The molecule has 2 aromatic carbocycles. The SMILES string of the molecule is O=C(NCc1ccccc1)NC1(C(=O)NCCNc2ccc([N+](=O)[O-])cc2)CCCC1. The van der Waals surface area contributed by atoms with Gasteiger partial charge in [-0.25, -0.2) is 4.79 Å². The highest BCUT2D eigenvalue weighted by atomic mass is 16.6. The first-order valence-corrected chi connectivity index (χ1v) is 10.4. The van der Waals surface area contributed by atoms with Crippen LogP contribution in [0.4, 0.5) is 16.2 Å². The highest BCUT2D eigenvalue weighted by molar-refractivity contribution is 5.91. The standard InChI is InChI=1S/C22H27N5O4/c28-20(24-15-14-23-18-8-10-19(11-9-18)27(30)31)22(12-4-5-13-22)26-21(29)25-16-17-6-2-1-3-7-17/h1-3,6-11,23H,4-5,12-16H2,(H,24,28)(H2,25,26,29). The van der Waals surface area contributed by atoms with Crippen molar-refractivity contribution in [1.29, 1.82) is 0 Å². The van der Waals surface area contributed by atoms with Gasteiger partial charge in [-0.05, 0) is 30.5 Å². The van der Waals surface area contributed by atoms with Crippen molar-refractivity contribution in [2.75, 3.05) is 18.4 Å². The van der Waals surface area contributed by atoms with Crippen molar-refractivity contribution in [2.24, 2.45) is 0 Å². The number of non-ortho nitro benzene ring substituents is 1. The molecule has 0 saturated heterocycles. The summed E-state index contributed by atoms with van der Waals surface area (Å²) < 4.78 is 0. The molecule has 2 aromatic rings. The summed E-state index contributed by atoms with van der Waals surface area (Å²) in [4.78, 5) is 35.5. The van der Waals surface area contributed by atoms with E-state index in [-0.39, 0.29) is 17.6 Å². The fraction of sp³-hybridized carbons (Fsp3) is 0.364. The number of nitrogens with one attached hydrogen (secondary N) is 4. The number of urea groups is 1. The summed E-state index contributed by atoms with van der Waals surface area (Å²) in [5, 5.41) is 22.4. The molecule has 0 aromatic heterocycles. The third-order valence-electron chi connectivity index (χ3n) is 5.36. The van der Waals surface area contributed by atoms with Crippen molar-refractivity contribution >= 4 is 23.3 Å². The Balaban J connectivity index is 1.45. The van der Waals surface area contributed by atoms with E-state index in [9.17, 15) is 19.7 Å². The zero-order chi connectivity index (χ0) is 22.1. The average molecular weight is 425 g/mol. The molecule has 0 atom stereocenters. The van der Waals surface area contributed by atoms with Gasteiger partial charge in [-0.3, -0.25) is 14.9 Å². The summed E-state index contributed by atoms with van der Waals surface area (Å²) in [7, 11) is 0. The summed E-state index contributed by atoms with van der Waals surface area (Å²) in [6.07, 6.45) is 2.97. The van der Waals surface area contributed by atoms with E-state index in [1.807, 2.05) is 30.3 Å². The Bertz CT molecular complexity index is 896. The maximum absolute atomic E-state index is 12.9. The number of benzene rings is 2. The summed E-state index contributed by atoms with van der Waals surface area (Å²) in [6.45, 7) is 1.22. The van der Waals surface area contributed by atoms with Crippen LogP contribution in [-0.2, 0) is 11.3 Å². The number of anilines is 1. The predicted octanol–water partition coefficient (Wildman–Crippen LogP) is 2.94. The van der Waals surface area contributed by atoms with Crippen LogP contribution in [0.15, 0.2) is 54.6 Å². The molecule has 0 heterocycles. The van der Waals surface area contributed by atoms with Crippen LogP contribution in [0.5, 0.6) is 0 Å². The van der Waals surface area contributed by atoms with E-state index in [0.717, 1.165) is 24.1 Å². The lowest BCUT2D eigenvalue weighted by atomic mass is 9.96.